The maximum atomic E-state index is 13.0. The van der Waals surface area contributed by atoms with Gasteiger partial charge in [-0.3, -0.25) is 4.79 Å². The summed E-state index contributed by atoms with van der Waals surface area (Å²) in [4.78, 5) is 14.4. The van der Waals surface area contributed by atoms with Crippen LogP contribution >= 0.6 is 0 Å². The van der Waals surface area contributed by atoms with E-state index in [1.165, 1.54) is 28.5 Å². The maximum Gasteiger partial charge on any atom is 0.416 e. The van der Waals surface area contributed by atoms with Gasteiger partial charge in [0.25, 0.3) is 5.91 Å². The maximum absolute atomic E-state index is 13.0. The van der Waals surface area contributed by atoms with Crippen LogP contribution in [0.25, 0.3) is 10.8 Å². The number of alkyl halides is 3. The molecule has 0 aliphatic carbocycles. The summed E-state index contributed by atoms with van der Waals surface area (Å²) in [5.74, 6) is -0.358. The van der Waals surface area contributed by atoms with E-state index in [0.717, 1.165) is 18.6 Å². The second-order valence-electron chi connectivity index (χ2n) is 7.77. The fraction of sp³-hybridized carbons (Fsp3) is 0.292. The number of nitrogens with zero attached hydrogens (tertiary/aromatic N) is 1. The van der Waals surface area contributed by atoms with Gasteiger partial charge in [-0.25, -0.2) is 0 Å². The van der Waals surface area contributed by atoms with Crippen LogP contribution in [0.4, 0.5) is 13.2 Å². The van der Waals surface area contributed by atoms with Crippen LogP contribution in [0.5, 0.6) is 0 Å². The SMILES string of the molecule is C[C@@H](N[C@H]1CCN(C(=O)c2cccc(C(F)(F)F)c2)C1)c1cccc2ccccc12. The number of amides is 1. The van der Waals surface area contributed by atoms with Crippen LogP contribution in [0.1, 0.15) is 40.9 Å². The van der Waals surface area contributed by atoms with Gasteiger partial charge < -0.3 is 10.2 Å². The molecule has 0 aromatic heterocycles. The van der Waals surface area contributed by atoms with Crippen molar-refractivity contribution in [1.82, 2.24) is 10.2 Å². The molecule has 1 fully saturated rings. The highest BCUT2D eigenvalue weighted by Gasteiger charge is 2.32. The van der Waals surface area contributed by atoms with Crippen molar-refractivity contribution in [3.63, 3.8) is 0 Å². The van der Waals surface area contributed by atoms with E-state index in [4.69, 9.17) is 0 Å². The summed E-state index contributed by atoms with van der Waals surface area (Å²) in [6, 6.07) is 19.2. The molecule has 3 aromatic carbocycles. The Morgan fingerprint density at radius 3 is 2.60 bits per heavy atom. The molecule has 2 atom stereocenters. The molecule has 1 saturated heterocycles. The molecule has 4 rings (SSSR count). The van der Waals surface area contributed by atoms with Crippen molar-refractivity contribution in [2.24, 2.45) is 0 Å². The smallest absolute Gasteiger partial charge is 0.337 e. The molecule has 0 radical (unpaired) electrons. The number of halogens is 3. The molecule has 3 aromatic rings. The highest BCUT2D eigenvalue weighted by Crippen LogP contribution is 2.30. The van der Waals surface area contributed by atoms with E-state index in [1.54, 1.807) is 4.90 Å². The zero-order valence-electron chi connectivity index (χ0n) is 16.6. The Hall–Kier alpha value is -2.86. The number of carbonyl (C=O) groups is 1. The Balaban J connectivity index is 1.44. The van der Waals surface area contributed by atoms with Crippen LogP contribution in [0.2, 0.25) is 0 Å². The zero-order chi connectivity index (χ0) is 21.3. The van der Waals surface area contributed by atoms with Gasteiger partial charge in [0.05, 0.1) is 5.56 Å². The summed E-state index contributed by atoms with van der Waals surface area (Å²) < 4.78 is 38.9. The molecule has 1 aliphatic rings. The third-order valence-corrected chi connectivity index (χ3v) is 5.69. The van der Waals surface area contributed by atoms with Gasteiger partial charge in [0, 0.05) is 30.7 Å². The van der Waals surface area contributed by atoms with Crippen molar-refractivity contribution in [1.29, 1.82) is 0 Å². The molecule has 1 N–H and O–H groups in total. The molecule has 0 bridgehead atoms. The summed E-state index contributed by atoms with van der Waals surface area (Å²) in [6.07, 6.45) is -3.70. The van der Waals surface area contributed by atoms with Gasteiger partial charge in [-0.1, -0.05) is 48.5 Å². The number of benzene rings is 3. The first-order chi connectivity index (χ1) is 14.3. The molecule has 1 aliphatic heterocycles. The minimum absolute atomic E-state index is 0.0765. The number of likely N-dealkylation sites (tertiary alicyclic amines) is 1. The summed E-state index contributed by atoms with van der Waals surface area (Å²) >= 11 is 0. The lowest BCUT2D eigenvalue weighted by atomic mass is 9.99. The average molecular weight is 412 g/mol. The van der Waals surface area contributed by atoms with E-state index < -0.39 is 11.7 Å². The van der Waals surface area contributed by atoms with Gasteiger partial charge in [0.15, 0.2) is 0 Å². The normalized spacial score (nSPS) is 18.0. The van der Waals surface area contributed by atoms with Gasteiger partial charge in [0.1, 0.15) is 0 Å². The number of nitrogens with one attached hydrogen (secondary N) is 1. The number of hydrogen-bond donors (Lipinski definition) is 1. The highest BCUT2D eigenvalue weighted by atomic mass is 19.4. The number of fused-ring (bicyclic) bond motifs is 1. The van der Waals surface area contributed by atoms with Gasteiger partial charge in [0.2, 0.25) is 0 Å². The van der Waals surface area contributed by atoms with Gasteiger partial charge in [-0.2, -0.15) is 13.2 Å². The Morgan fingerprint density at radius 1 is 1.07 bits per heavy atom. The highest BCUT2D eigenvalue weighted by molar-refractivity contribution is 5.94. The van der Waals surface area contributed by atoms with Crippen LogP contribution in [0, 0.1) is 0 Å². The molecule has 30 heavy (non-hydrogen) atoms. The van der Waals surface area contributed by atoms with E-state index in [0.29, 0.717) is 13.1 Å². The standard InChI is InChI=1S/C24H23F3N2O/c1-16(21-11-5-7-17-6-2-3-10-22(17)21)28-20-12-13-29(15-20)23(30)18-8-4-9-19(14-18)24(25,26)27/h2-11,14,16,20,28H,12-13,15H2,1H3/t16-,20+/m1/s1. The van der Waals surface area contributed by atoms with Crippen molar-refractivity contribution in [2.45, 2.75) is 31.6 Å². The fourth-order valence-electron chi connectivity index (χ4n) is 4.16. The van der Waals surface area contributed by atoms with Crippen molar-refractivity contribution < 1.29 is 18.0 Å². The second kappa shape index (κ2) is 8.11. The topological polar surface area (TPSA) is 32.3 Å². The number of carbonyl (C=O) groups excluding carboxylic acids is 1. The molecular weight excluding hydrogens is 389 g/mol. The monoisotopic (exact) mass is 412 g/mol. The van der Waals surface area contributed by atoms with Gasteiger partial charge in [-0.15, -0.1) is 0 Å². The van der Waals surface area contributed by atoms with Crippen LogP contribution in [-0.2, 0) is 6.18 Å². The first kappa shape index (κ1) is 20.4. The first-order valence-electron chi connectivity index (χ1n) is 10.0. The Labute approximate surface area is 173 Å². The Bertz CT molecular complexity index is 1060. The van der Waals surface area contributed by atoms with Crippen molar-refractivity contribution >= 4 is 16.7 Å². The molecule has 3 nitrogen and oxygen atoms in total. The third-order valence-electron chi connectivity index (χ3n) is 5.69. The second-order valence-corrected chi connectivity index (χ2v) is 7.77. The van der Waals surface area contributed by atoms with Crippen molar-refractivity contribution in [3.8, 4) is 0 Å². The molecule has 0 unspecified atom stereocenters. The summed E-state index contributed by atoms with van der Waals surface area (Å²) in [5, 5.41) is 5.95. The molecule has 0 saturated carbocycles. The van der Waals surface area contributed by atoms with E-state index in [1.807, 2.05) is 18.2 Å². The van der Waals surface area contributed by atoms with Crippen LogP contribution in [-0.4, -0.2) is 29.9 Å². The third kappa shape index (κ3) is 4.19. The predicted molar refractivity (Wildman–Crippen MR) is 111 cm³/mol. The molecule has 0 spiro atoms. The lowest BCUT2D eigenvalue weighted by Crippen LogP contribution is -2.36. The summed E-state index contributed by atoms with van der Waals surface area (Å²) in [5.41, 5.74) is 0.468. The van der Waals surface area contributed by atoms with Crippen molar-refractivity contribution in [2.75, 3.05) is 13.1 Å². The zero-order valence-corrected chi connectivity index (χ0v) is 16.6. The molecular formula is C24H23F3N2O. The number of hydrogen-bond acceptors (Lipinski definition) is 2. The average Bonchev–Trinajstić information content (AvgIpc) is 3.20. The minimum Gasteiger partial charge on any atom is -0.337 e. The first-order valence-corrected chi connectivity index (χ1v) is 10.0. The van der Waals surface area contributed by atoms with Crippen LogP contribution in [0.3, 0.4) is 0 Å². The lowest BCUT2D eigenvalue weighted by Gasteiger charge is -2.22. The molecule has 156 valence electrons. The molecule has 6 heteroatoms. The fourth-order valence-corrected chi connectivity index (χ4v) is 4.16. The summed E-state index contributed by atoms with van der Waals surface area (Å²) in [6.45, 7) is 3.10. The van der Waals surface area contributed by atoms with Crippen LogP contribution < -0.4 is 5.32 Å². The summed E-state index contributed by atoms with van der Waals surface area (Å²) in [7, 11) is 0. The predicted octanol–water partition coefficient (Wildman–Crippen LogP) is 5.42. The van der Waals surface area contributed by atoms with Crippen molar-refractivity contribution in [3.05, 3.63) is 83.4 Å². The largest absolute Gasteiger partial charge is 0.416 e. The quantitative estimate of drug-likeness (QED) is 0.620. The Morgan fingerprint density at radius 2 is 1.80 bits per heavy atom. The van der Waals surface area contributed by atoms with Gasteiger partial charge >= 0.3 is 6.18 Å². The van der Waals surface area contributed by atoms with E-state index in [2.05, 4.69) is 36.5 Å². The van der Waals surface area contributed by atoms with E-state index >= 15 is 0 Å². The molecule has 1 heterocycles. The lowest BCUT2D eigenvalue weighted by molar-refractivity contribution is -0.137. The van der Waals surface area contributed by atoms with E-state index in [9.17, 15) is 18.0 Å². The Kier molecular flexibility index (Phi) is 5.52. The van der Waals surface area contributed by atoms with Crippen LogP contribution in [0.15, 0.2) is 66.7 Å². The van der Waals surface area contributed by atoms with E-state index in [-0.39, 0.29) is 23.6 Å². The number of rotatable bonds is 4. The van der Waals surface area contributed by atoms with Gasteiger partial charge in [-0.05, 0) is 47.9 Å². The molecule has 1 amide bonds. The minimum atomic E-state index is -4.46.